The molecular weight excluding hydrogens is 361 g/mol. The predicted molar refractivity (Wildman–Crippen MR) is 106 cm³/mol. The van der Waals surface area contributed by atoms with Crippen LogP contribution >= 0.6 is 0 Å². The van der Waals surface area contributed by atoms with Crippen LogP contribution < -0.4 is 10.6 Å². The van der Waals surface area contributed by atoms with Gasteiger partial charge in [-0.1, -0.05) is 0 Å². The zero-order chi connectivity index (χ0) is 21.4. The lowest BCUT2D eigenvalue weighted by atomic mass is 10.1. The van der Waals surface area contributed by atoms with Crippen molar-refractivity contribution in [3.05, 3.63) is 52.1 Å². The molecule has 0 aliphatic heterocycles. The molecule has 0 fully saturated rings. The minimum absolute atomic E-state index is 0.166. The average Bonchev–Trinajstić information content (AvgIpc) is 2.78. The van der Waals surface area contributed by atoms with Gasteiger partial charge < -0.3 is 15.2 Å². The van der Waals surface area contributed by atoms with Gasteiger partial charge in [0.1, 0.15) is 5.82 Å². The molecular formula is C21H26FN3O3. The summed E-state index contributed by atoms with van der Waals surface area (Å²) in [5.74, 6) is -2.21. The lowest BCUT2D eigenvalue weighted by Crippen LogP contribution is -2.44. The van der Waals surface area contributed by atoms with Gasteiger partial charge in [-0.15, -0.1) is 0 Å². The van der Waals surface area contributed by atoms with Crippen molar-refractivity contribution in [2.24, 2.45) is 7.05 Å². The molecule has 0 saturated heterocycles. The fourth-order valence-electron chi connectivity index (χ4n) is 3.05. The van der Waals surface area contributed by atoms with E-state index in [1.165, 1.54) is 18.2 Å². The van der Waals surface area contributed by atoms with Crippen molar-refractivity contribution < 1.29 is 18.8 Å². The number of amides is 2. The first-order valence-corrected chi connectivity index (χ1v) is 8.93. The van der Waals surface area contributed by atoms with Crippen LogP contribution in [0.3, 0.4) is 0 Å². The van der Waals surface area contributed by atoms with E-state index in [-0.39, 0.29) is 11.5 Å². The van der Waals surface area contributed by atoms with E-state index in [0.29, 0.717) is 28.1 Å². The molecule has 28 heavy (non-hydrogen) atoms. The van der Waals surface area contributed by atoms with E-state index in [1.54, 1.807) is 53.2 Å². The molecule has 6 nitrogen and oxygen atoms in total. The molecule has 0 bridgehead atoms. The van der Waals surface area contributed by atoms with E-state index in [2.05, 4.69) is 10.6 Å². The SMILES string of the molecule is Cc1cc(NC(=O)c2c(C)c(C(=O)C(=O)NC(C)(C)C)n(C)c2C)ccc1F. The van der Waals surface area contributed by atoms with Crippen LogP contribution in [0.5, 0.6) is 0 Å². The normalized spacial score (nSPS) is 11.3. The van der Waals surface area contributed by atoms with Crippen LogP contribution in [0.1, 0.15) is 58.4 Å². The highest BCUT2D eigenvalue weighted by Gasteiger charge is 2.30. The zero-order valence-corrected chi connectivity index (χ0v) is 17.3. The Labute approximate surface area is 164 Å². The Morgan fingerprint density at radius 2 is 1.68 bits per heavy atom. The Hall–Kier alpha value is -2.96. The third kappa shape index (κ3) is 4.30. The van der Waals surface area contributed by atoms with Gasteiger partial charge >= 0.3 is 0 Å². The second-order valence-electron chi connectivity index (χ2n) is 7.94. The van der Waals surface area contributed by atoms with Gasteiger partial charge in [0.05, 0.1) is 11.3 Å². The minimum Gasteiger partial charge on any atom is -0.345 e. The topological polar surface area (TPSA) is 80.2 Å². The van der Waals surface area contributed by atoms with Crippen LogP contribution in [-0.4, -0.2) is 27.7 Å². The quantitative estimate of drug-likeness (QED) is 0.623. The third-order valence-electron chi connectivity index (χ3n) is 4.48. The molecule has 2 N–H and O–H groups in total. The maximum absolute atomic E-state index is 13.4. The van der Waals surface area contributed by atoms with Crippen molar-refractivity contribution in [3.63, 3.8) is 0 Å². The molecule has 0 aliphatic carbocycles. The molecule has 0 unspecified atom stereocenters. The van der Waals surface area contributed by atoms with Crippen LogP contribution in [0.4, 0.5) is 10.1 Å². The van der Waals surface area contributed by atoms with Crippen molar-refractivity contribution in [1.82, 2.24) is 9.88 Å². The van der Waals surface area contributed by atoms with Crippen LogP contribution in [0, 0.1) is 26.6 Å². The van der Waals surface area contributed by atoms with E-state index in [1.807, 2.05) is 0 Å². The molecule has 1 aromatic carbocycles. The fraction of sp³-hybridized carbons (Fsp3) is 0.381. The number of nitrogens with one attached hydrogen (secondary N) is 2. The molecule has 0 saturated carbocycles. The van der Waals surface area contributed by atoms with Gasteiger partial charge in [-0.25, -0.2) is 4.39 Å². The summed E-state index contributed by atoms with van der Waals surface area (Å²) in [7, 11) is 1.64. The molecule has 0 spiro atoms. The molecule has 1 aromatic heterocycles. The van der Waals surface area contributed by atoms with Crippen LogP contribution in [-0.2, 0) is 11.8 Å². The molecule has 150 valence electrons. The number of nitrogens with zero attached hydrogens (tertiary/aromatic N) is 1. The molecule has 2 aromatic rings. The highest BCUT2D eigenvalue weighted by Crippen LogP contribution is 2.24. The minimum atomic E-state index is -0.725. The number of halogens is 1. The Morgan fingerprint density at radius 1 is 1.07 bits per heavy atom. The zero-order valence-electron chi connectivity index (χ0n) is 17.3. The average molecular weight is 387 g/mol. The van der Waals surface area contributed by atoms with Gasteiger partial charge in [0, 0.05) is 24.0 Å². The van der Waals surface area contributed by atoms with Crippen molar-refractivity contribution in [3.8, 4) is 0 Å². The highest BCUT2D eigenvalue weighted by molar-refractivity contribution is 6.43. The molecule has 0 radical (unpaired) electrons. The number of rotatable bonds is 4. The summed E-state index contributed by atoms with van der Waals surface area (Å²) >= 11 is 0. The molecule has 2 rings (SSSR count). The summed E-state index contributed by atoms with van der Waals surface area (Å²) in [5.41, 5.74) is 1.77. The Bertz CT molecular complexity index is 968. The van der Waals surface area contributed by atoms with Gasteiger partial charge in [0.25, 0.3) is 17.6 Å². The van der Waals surface area contributed by atoms with Gasteiger partial charge in [-0.2, -0.15) is 0 Å². The van der Waals surface area contributed by atoms with Crippen LogP contribution in [0.15, 0.2) is 18.2 Å². The number of ketones is 1. The molecule has 0 aliphatic rings. The standard InChI is InChI=1S/C21H26FN3O3/c1-11-10-14(8-9-15(11)22)23-19(27)16-12(2)17(25(7)13(16)3)18(26)20(28)24-21(4,5)6/h8-10H,1-7H3,(H,23,27)(H,24,28). The largest absolute Gasteiger partial charge is 0.345 e. The number of anilines is 1. The summed E-state index contributed by atoms with van der Waals surface area (Å²) in [5, 5.41) is 5.37. The summed E-state index contributed by atoms with van der Waals surface area (Å²) in [4.78, 5) is 37.8. The van der Waals surface area contributed by atoms with Crippen LogP contribution in [0.25, 0.3) is 0 Å². The number of aryl methyl sites for hydroxylation is 1. The maximum Gasteiger partial charge on any atom is 0.294 e. The van der Waals surface area contributed by atoms with E-state index >= 15 is 0 Å². The van der Waals surface area contributed by atoms with Crippen molar-refractivity contribution in [1.29, 1.82) is 0 Å². The Balaban J connectivity index is 2.38. The monoisotopic (exact) mass is 387 g/mol. The van der Waals surface area contributed by atoms with Gasteiger partial charge in [0.15, 0.2) is 0 Å². The first-order valence-electron chi connectivity index (χ1n) is 8.93. The van der Waals surface area contributed by atoms with Crippen molar-refractivity contribution >= 4 is 23.3 Å². The number of hydrogen-bond acceptors (Lipinski definition) is 3. The van der Waals surface area contributed by atoms with Gasteiger partial charge in [-0.3, -0.25) is 14.4 Å². The van der Waals surface area contributed by atoms with E-state index in [9.17, 15) is 18.8 Å². The summed E-state index contributed by atoms with van der Waals surface area (Å²) < 4.78 is 15.0. The number of aromatic nitrogens is 1. The van der Waals surface area contributed by atoms with Crippen LogP contribution in [0.2, 0.25) is 0 Å². The van der Waals surface area contributed by atoms with E-state index in [4.69, 9.17) is 0 Å². The van der Waals surface area contributed by atoms with Gasteiger partial charge in [-0.05, 0) is 70.9 Å². The molecule has 7 heteroatoms. The lowest BCUT2D eigenvalue weighted by Gasteiger charge is -2.20. The number of carbonyl (C=O) groups is 3. The summed E-state index contributed by atoms with van der Waals surface area (Å²) in [6.45, 7) is 10.3. The van der Waals surface area contributed by atoms with Crippen molar-refractivity contribution in [2.75, 3.05) is 5.32 Å². The summed E-state index contributed by atoms with van der Waals surface area (Å²) in [6, 6.07) is 4.28. The molecule has 0 atom stereocenters. The third-order valence-corrected chi connectivity index (χ3v) is 4.48. The number of Topliss-reactive ketones (excluding diaryl/α,β-unsaturated/α-hetero) is 1. The smallest absolute Gasteiger partial charge is 0.294 e. The number of benzene rings is 1. The van der Waals surface area contributed by atoms with Gasteiger partial charge in [0.2, 0.25) is 0 Å². The van der Waals surface area contributed by atoms with Crippen molar-refractivity contribution in [2.45, 2.75) is 47.1 Å². The number of hydrogen-bond donors (Lipinski definition) is 2. The number of carbonyl (C=O) groups excluding carboxylic acids is 3. The molecule has 1 heterocycles. The second kappa shape index (κ2) is 7.58. The molecule has 2 amide bonds. The first-order chi connectivity index (χ1) is 12.8. The summed E-state index contributed by atoms with van der Waals surface area (Å²) in [6.07, 6.45) is 0. The lowest BCUT2D eigenvalue weighted by molar-refractivity contribution is -0.118. The first kappa shape index (κ1) is 21.3. The second-order valence-corrected chi connectivity index (χ2v) is 7.94. The highest BCUT2D eigenvalue weighted by atomic mass is 19.1. The van der Waals surface area contributed by atoms with E-state index < -0.39 is 23.1 Å². The Morgan fingerprint density at radius 3 is 2.21 bits per heavy atom. The predicted octanol–water partition coefficient (Wildman–Crippen LogP) is 3.44. The Kier molecular flexibility index (Phi) is 5.77. The van der Waals surface area contributed by atoms with E-state index in [0.717, 1.165) is 0 Å². The fourth-order valence-corrected chi connectivity index (χ4v) is 3.05. The maximum atomic E-state index is 13.4.